The van der Waals surface area contributed by atoms with Gasteiger partial charge in [-0.25, -0.2) is 0 Å². The lowest BCUT2D eigenvalue weighted by Crippen LogP contribution is -2.35. The summed E-state index contributed by atoms with van der Waals surface area (Å²) in [6.45, 7) is 3.31. The third kappa shape index (κ3) is 5.22. The Morgan fingerprint density at radius 3 is 2.09 bits per heavy atom. The normalized spacial score (nSPS) is 18.8. The maximum Gasteiger partial charge on any atom is 0.225 e. The van der Waals surface area contributed by atoms with E-state index < -0.39 is 6.29 Å². The lowest BCUT2D eigenvalue weighted by atomic mass is 9.81. The molecule has 4 aromatic rings. The third-order valence-corrected chi connectivity index (χ3v) is 7.92. The van der Waals surface area contributed by atoms with Crippen LogP contribution in [0.25, 0.3) is 0 Å². The first-order valence-electron chi connectivity index (χ1n) is 14.4. The van der Waals surface area contributed by atoms with E-state index in [0.29, 0.717) is 24.7 Å². The van der Waals surface area contributed by atoms with E-state index in [0.717, 1.165) is 28.7 Å². The van der Waals surface area contributed by atoms with Crippen LogP contribution < -0.4 is 14.2 Å². The Morgan fingerprint density at radius 2 is 1.37 bits per heavy atom. The van der Waals surface area contributed by atoms with E-state index in [-0.39, 0.29) is 58.9 Å². The summed E-state index contributed by atoms with van der Waals surface area (Å²) in [6.07, 6.45) is 1.89. The summed E-state index contributed by atoms with van der Waals surface area (Å²) >= 11 is 0. The Kier molecular flexibility index (Phi) is 7.27. The Hall–Kier alpha value is -4.72. The molecule has 2 heterocycles. The van der Waals surface area contributed by atoms with Crippen molar-refractivity contribution >= 4 is 11.6 Å². The molecule has 0 radical (unpaired) electrons. The van der Waals surface area contributed by atoms with Crippen molar-refractivity contribution in [2.45, 2.75) is 39.0 Å². The van der Waals surface area contributed by atoms with Gasteiger partial charge in [-0.2, -0.15) is 0 Å². The molecule has 2 unspecified atom stereocenters. The van der Waals surface area contributed by atoms with Gasteiger partial charge in [-0.3, -0.25) is 9.59 Å². The predicted octanol–water partition coefficient (Wildman–Crippen LogP) is 6.38. The summed E-state index contributed by atoms with van der Waals surface area (Å²) in [5, 5.41) is 0. The van der Waals surface area contributed by atoms with E-state index in [2.05, 4.69) is 0 Å². The van der Waals surface area contributed by atoms with Crippen LogP contribution in [0.1, 0.15) is 55.0 Å². The molecule has 2 atom stereocenters. The summed E-state index contributed by atoms with van der Waals surface area (Å²) in [5.41, 5.74) is 4.40. The third-order valence-electron chi connectivity index (χ3n) is 7.92. The molecular formula is C36H30O7. The molecule has 0 N–H and O–H groups in total. The van der Waals surface area contributed by atoms with Gasteiger partial charge in [0.05, 0.1) is 36.0 Å². The number of carbonyl (C=O) groups excluding carboxylic acids is 2. The average Bonchev–Trinajstić information content (AvgIpc) is 3.53. The van der Waals surface area contributed by atoms with Gasteiger partial charge in [-0.15, -0.1) is 0 Å². The van der Waals surface area contributed by atoms with Crippen molar-refractivity contribution in [2.24, 2.45) is 0 Å². The van der Waals surface area contributed by atoms with Crippen LogP contribution >= 0.6 is 0 Å². The summed E-state index contributed by atoms with van der Waals surface area (Å²) in [5.74, 6) is 0.229. The molecule has 43 heavy (non-hydrogen) atoms. The highest BCUT2D eigenvalue weighted by Gasteiger charge is 2.40. The monoisotopic (exact) mass is 574 g/mol. The molecule has 1 fully saturated rings. The average molecular weight is 575 g/mol. The quantitative estimate of drug-likeness (QED) is 0.199. The molecule has 1 aliphatic carbocycles. The lowest BCUT2D eigenvalue weighted by molar-refractivity contribution is -0.0968. The highest BCUT2D eigenvalue weighted by Crippen LogP contribution is 2.43. The molecule has 0 saturated carbocycles. The number of rotatable bonds is 8. The molecule has 4 aromatic carbocycles. The van der Waals surface area contributed by atoms with Crippen LogP contribution in [-0.4, -0.2) is 37.2 Å². The van der Waals surface area contributed by atoms with E-state index in [1.165, 1.54) is 0 Å². The molecule has 216 valence electrons. The molecular weight excluding hydrogens is 544 g/mol. The number of fused-ring (bicyclic) bond motifs is 3. The number of hydrogen-bond donors (Lipinski definition) is 0. The zero-order valence-electron chi connectivity index (χ0n) is 23.7. The van der Waals surface area contributed by atoms with Gasteiger partial charge in [-0.05, 0) is 47.9 Å². The number of aryl methyl sites for hydroxylation is 1. The van der Waals surface area contributed by atoms with Gasteiger partial charge in [0.2, 0.25) is 12.1 Å². The van der Waals surface area contributed by atoms with Gasteiger partial charge in [0.1, 0.15) is 30.5 Å². The topological polar surface area (TPSA) is 80.3 Å². The highest BCUT2D eigenvalue weighted by atomic mass is 16.7. The van der Waals surface area contributed by atoms with Gasteiger partial charge in [-0.1, -0.05) is 66.7 Å². The number of carbonyl (C=O) groups is 2. The van der Waals surface area contributed by atoms with Crippen molar-refractivity contribution < 1.29 is 33.3 Å². The second-order valence-electron chi connectivity index (χ2n) is 10.8. The fourth-order valence-corrected chi connectivity index (χ4v) is 5.83. The molecule has 7 heteroatoms. The second-order valence-corrected chi connectivity index (χ2v) is 10.8. The minimum absolute atomic E-state index is 0.0814. The number of benzene rings is 4. The summed E-state index contributed by atoms with van der Waals surface area (Å²) in [7, 11) is 0. The Balaban J connectivity index is 1.30. The van der Waals surface area contributed by atoms with Crippen molar-refractivity contribution in [3.8, 4) is 17.2 Å². The summed E-state index contributed by atoms with van der Waals surface area (Å²) in [4.78, 5) is 28.8. The summed E-state index contributed by atoms with van der Waals surface area (Å²) in [6, 6.07) is 26.3. The van der Waals surface area contributed by atoms with Crippen molar-refractivity contribution in [1.29, 1.82) is 0 Å². The van der Waals surface area contributed by atoms with Gasteiger partial charge < -0.3 is 23.7 Å². The Bertz CT molecular complexity index is 1730. The SMILES string of the molecule is Cc1cc(OCc2ccccc2)c2c(c1)C(=O)c1c(OCc3ccccc3)ccc(OC3OCCC4OCC=C43)c1C2=O. The fourth-order valence-electron chi connectivity index (χ4n) is 5.83. The lowest BCUT2D eigenvalue weighted by Gasteiger charge is -2.31. The molecule has 7 rings (SSSR count). The van der Waals surface area contributed by atoms with Gasteiger partial charge in [0.25, 0.3) is 0 Å². The largest absolute Gasteiger partial charge is 0.488 e. The van der Waals surface area contributed by atoms with Crippen molar-refractivity contribution in [3.63, 3.8) is 0 Å². The second kappa shape index (κ2) is 11.5. The molecule has 0 amide bonds. The molecule has 2 aliphatic heterocycles. The van der Waals surface area contributed by atoms with Crippen LogP contribution in [0.5, 0.6) is 17.2 Å². The summed E-state index contributed by atoms with van der Waals surface area (Å²) < 4.78 is 30.5. The van der Waals surface area contributed by atoms with Gasteiger partial charge >= 0.3 is 0 Å². The van der Waals surface area contributed by atoms with Crippen LogP contribution in [0.2, 0.25) is 0 Å². The number of hydrogen-bond acceptors (Lipinski definition) is 7. The maximum absolute atomic E-state index is 14.5. The smallest absolute Gasteiger partial charge is 0.225 e. The highest BCUT2D eigenvalue weighted by molar-refractivity contribution is 6.31. The molecule has 7 nitrogen and oxygen atoms in total. The number of ether oxygens (including phenoxy) is 5. The van der Waals surface area contributed by atoms with Crippen molar-refractivity contribution in [1.82, 2.24) is 0 Å². The first-order valence-corrected chi connectivity index (χ1v) is 14.4. The zero-order valence-corrected chi connectivity index (χ0v) is 23.7. The van der Waals surface area contributed by atoms with Crippen LogP contribution in [0.4, 0.5) is 0 Å². The van der Waals surface area contributed by atoms with Crippen LogP contribution in [0.15, 0.2) is 96.6 Å². The first-order chi connectivity index (χ1) is 21.1. The minimum Gasteiger partial charge on any atom is -0.488 e. The standard InChI is InChI=1S/C36H30O7/c1-22-18-26-31(30(19-22)42-21-24-10-6-3-7-11-24)35(38)33-29(43-36-25-14-16-39-27(25)15-17-40-36)13-12-28(32(33)34(26)37)41-20-23-8-4-2-5-9-23/h2-14,18-19,27,36H,15-17,20-21H2,1H3. The van der Waals surface area contributed by atoms with Crippen molar-refractivity contribution in [3.05, 3.63) is 136 Å². The van der Waals surface area contributed by atoms with Crippen LogP contribution in [-0.2, 0) is 22.7 Å². The van der Waals surface area contributed by atoms with E-state index in [4.69, 9.17) is 23.7 Å². The molecule has 0 spiro atoms. The van der Waals surface area contributed by atoms with E-state index in [1.807, 2.05) is 73.7 Å². The fraction of sp³-hybridized carbons (Fsp3) is 0.222. The van der Waals surface area contributed by atoms with Gasteiger partial charge in [0, 0.05) is 17.6 Å². The Morgan fingerprint density at radius 1 is 0.721 bits per heavy atom. The predicted molar refractivity (Wildman–Crippen MR) is 159 cm³/mol. The maximum atomic E-state index is 14.5. The van der Waals surface area contributed by atoms with E-state index in [9.17, 15) is 9.59 Å². The van der Waals surface area contributed by atoms with E-state index >= 15 is 0 Å². The molecule has 3 aliphatic rings. The van der Waals surface area contributed by atoms with Crippen molar-refractivity contribution in [2.75, 3.05) is 13.2 Å². The molecule has 1 saturated heterocycles. The zero-order chi connectivity index (χ0) is 29.3. The Labute approximate surface area is 249 Å². The van der Waals surface area contributed by atoms with E-state index in [1.54, 1.807) is 24.3 Å². The molecule has 0 aromatic heterocycles. The van der Waals surface area contributed by atoms with Crippen LogP contribution in [0, 0.1) is 6.92 Å². The molecule has 0 bridgehead atoms. The number of ketones is 2. The minimum atomic E-state index is -0.724. The van der Waals surface area contributed by atoms with Crippen LogP contribution in [0.3, 0.4) is 0 Å². The first kappa shape index (κ1) is 27.1. The van der Waals surface area contributed by atoms with Gasteiger partial charge in [0.15, 0.2) is 5.78 Å².